The topological polar surface area (TPSA) is 50.4 Å². The summed E-state index contributed by atoms with van der Waals surface area (Å²) in [5, 5.41) is 6.53. The molecule has 0 spiro atoms. The molecule has 21 heavy (non-hydrogen) atoms. The van der Waals surface area contributed by atoms with Crippen molar-refractivity contribution in [1.82, 2.24) is 5.32 Å². The van der Waals surface area contributed by atoms with Crippen LogP contribution in [0.2, 0.25) is 0 Å². The van der Waals surface area contributed by atoms with Crippen LogP contribution in [0.15, 0.2) is 24.3 Å². The molecule has 2 fully saturated rings. The quantitative estimate of drug-likeness (QED) is 0.895. The Balaban J connectivity index is 1.64. The van der Waals surface area contributed by atoms with E-state index in [0.29, 0.717) is 18.6 Å². The lowest BCUT2D eigenvalue weighted by atomic mass is 9.85. The number of amides is 1. The van der Waals surface area contributed by atoms with E-state index < -0.39 is 0 Å². The van der Waals surface area contributed by atoms with Gasteiger partial charge in [0.05, 0.1) is 18.3 Å². The molecule has 1 saturated heterocycles. The highest BCUT2D eigenvalue weighted by Crippen LogP contribution is 2.34. The Morgan fingerprint density at radius 1 is 1.33 bits per heavy atom. The van der Waals surface area contributed by atoms with E-state index in [4.69, 9.17) is 4.74 Å². The average Bonchev–Trinajstić information content (AvgIpc) is 2.93. The van der Waals surface area contributed by atoms with Crippen LogP contribution in [0.4, 0.5) is 5.69 Å². The molecule has 3 atom stereocenters. The van der Waals surface area contributed by atoms with Crippen molar-refractivity contribution < 1.29 is 9.53 Å². The van der Waals surface area contributed by atoms with Crippen molar-refractivity contribution in [2.45, 2.75) is 51.1 Å². The largest absolute Gasteiger partial charge is 0.492 e. The zero-order valence-corrected chi connectivity index (χ0v) is 12.6. The first-order chi connectivity index (χ1) is 10.3. The number of para-hydroxylation sites is 2. The molecule has 0 radical (unpaired) electrons. The standard InChI is InChI=1S/C17H24N2O2/c1-2-21-16-10-6-5-9-14(16)19-17(20)15-11-12-7-3-4-8-13(12)18-15/h5-6,9-10,12-13,15,18H,2-4,7-8,11H2,1H3,(H,19,20). The molecule has 1 aromatic carbocycles. The molecule has 1 aliphatic carbocycles. The minimum absolute atomic E-state index is 0.0622. The molecule has 114 valence electrons. The Morgan fingerprint density at radius 3 is 2.95 bits per heavy atom. The second kappa shape index (κ2) is 6.48. The Morgan fingerprint density at radius 2 is 2.14 bits per heavy atom. The van der Waals surface area contributed by atoms with Gasteiger partial charge in [-0.25, -0.2) is 0 Å². The zero-order valence-electron chi connectivity index (χ0n) is 12.6. The number of benzene rings is 1. The van der Waals surface area contributed by atoms with Gasteiger partial charge in [0.15, 0.2) is 0 Å². The third-order valence-electron chi connectivity index (χ3n) is 4.62. The second-order valence-electron chi connectivity index (χ2n) is 6.02. The highest BCUT2D eigenvalue weighted by Gasteiger charge is 2.38. The zero-order chi connectivity index (χ0) is 14.7. The molecule has 1 amide bonds. The Labute approximate surface area is 126 Å². The van der Waals surface area contributed by atoms with Gasteiger partial charge in [0.1, 0.15) is 5.75 Å². The maximum atomic E-state index is 12.5. The van der Waals surface area contributed by atoms with Crippen LogP contribution in [0.5, 0.6) is 5.75 Å². The van der Waals surface area contributed by atoms with Crippen LogP contribution in [0.25, 0.3) is 0 Å². The van der Waals surface area contributed by atoms with Crippen molar-refractivity contribution in [1.29, 1.82) is 0 Å². The fourth-order valence-electron chi connectivity index (χ4n) is 3.59. The van der Waals surface area contributed by atoms with E-state index in [9.17, 15) is 4.79 Å². The molecule has 2 aliphatic rings. The van der Waals surface area contributed by atoms with E-state index in [1.165, 1.54) is 25.7 Å². The molecule has 2 N–H and O–H groups in total. The summed E-state index contributed by atoms with van der Waals surface area (Å²) >= 11 is 0. The number of anilines is 1. The van der Waals surface area contributed by atoms with Crippen molar-refractivity contribution in [3.05, 3.63) is 24.3 Å². The predicted molar refractivity (Wildman–Crippen MR) is 83.5 cm³/mol. The summed E-state index contributed by atoms with van der Waals surface area (Å²) < 4.78 is 5.56. The van der Waals surface area contributed by atoms with Gasteiger partial charge in [0.25, 0.3) is 0 Å². The summed E-state index contributed by atoms with van der Waals surface area (Å²) in [5.74, 6) is 1.48. The lowest BCUT2D eigenvalue weighted by Gasteiger charge is -2.24. The predicted octanol–water partition coefficient (Wildman–Crippen LogP) is 2.94. The normalized spacial score (nSPS) is 28.0. The third-order valence-corrected chi connectivity index (χ3v) is 4.62. The van der Waals surface area contributed by atoms with Gasteiger partial charge in [-0.15, -0.1) is 0 Å². The summed E-state index contributed by atoms with van der Waals surface area (Å²) in [6.45, 7) is 2.54. The molecule has 4 heteroatoms. The fraction of sp³-hybridized carbons (Fsp3) is 0.588. The molecule has 3 unspecified atom stereocenters. The molecule has 1 aliphatic heterocycles. The summed E-state index contributed by atoms with van der Waals surface area (Å²) in [6, 6.07) is 8.10. The summed E-state index contributed by atoms with van der Waals surface area (Å²) in [6.07, 6.45) is 6.04. The van der Waals surface area contributed by atoms with Gasteiger partial charge < -0.3 is 15.4 Å². The maximum absolute atomic E-state index is 12.5. The van der Waals surface area contributed by atoms with Gasteiger partial charge in [-0.05, 0) is 44.2 Å². The van der Waals surface area contributed by atoms with E-state index >= 15 is 0 Å². The minimum Gasteiger partial charge on any atom is -0.492 e. The fourth-order valence-corrected chi connectivity index (χ4v) is 3.59. The summed E-state index contributed by atoms with van der Waals surface area (Å²) in [5.41, 5.74) is 0.765. The molecule has 0 aromatic heterocycles. The maximum Gasteiger partial charge on any atom is 0.241 e. The van der Waals surface area contributed by atoms with Crippen LogP contribution in [0.1, 0.15) is 39.0 Å². The number of fused-ring (bicyclic) bond motifs is 1. The Kier molecular flexibility index (Phi) is 4.44. The number of carbonyl (C=O) groups excluding carboxylic acids is 1. The van der Waals surface area contributed by atoms with Crippen molar-refractivity contribution in [2.75, 3.05) is 11.9 Å². The van der Waals surface area contributed by atoms with Gasteiger partial charge in [0, 0.05) is 6.04 Å². The lowest BCUT2D eigenvalue weighted by molar-refractivity contribution is -0.117. The number of rotatable bonds is 4. The van der Waals surface area contributed by atoms with Crippen molar-refractivity contribution in [3.63, 3.8) is 0 Å². The van der Waals surface area contributed by atoms with Crippen LogP contribution < -0.4 is 15.4 Å². The first-order valence-corrected chi connectivity index (χ1v) is 8.06. The second-order valence-corrected chi connectivity index (χ2v) is 6.02. The summed E-state index contributed by atoms with van der Waals surface area (Å²) in [7, 11) is 0. The number of ether oxygens (including phenoxy) is 1. The molecule has 1 saturated carbocycles. The molecular weight excluding hydrogens is 264 g/mol. The first kappa shape index (κ1) is 14.4. The highest BCUT2D eigenvalue weighted by atomic mass is 16.5. The van der Waals surface area contributed by atoms with Gasteiger partial charge in [-0.3, -0.25) is 4.79 Å². The first-order valence-electron chi connectivity index (χ1n) is 8.06. The number of hydrogen-bond donors (Lipinski definition) is 2. The van der Waals surface area contributed by atoms with Crippen molar-refractivity contribution in [2.24, 2.45) is 5.92 Å². The lowest BCUT2D eigenvalue weighted by Crippen LogP contribution is -2.39. The third kappa shape index (κ3) is 3.21. The van der Waals surface area contributed by atoms with E-state index in [1.807, 2.05) is 31.2 Å². The van der Waals surface area contributed by atoms with E-state index in [1.54, 1.807) is 0 Å². The average molecular weight is 288 g/mol. The molecular formula is C17H24N2O2. The molecule has 1 heterocycles. The summed E-state index contributed by atoms with van der Waals surface area (Å²) in [4.78, 5) is 12.5. The number of nitrogens with one attached hydrogen (secondary N) is 2. The van der Waals surface area contributed by atoms with Crippen LogP contribution in [-0.4, -0.2) is 24.6 Å². The van der Waals surface area contributed by atoms with E-state index in [-0.39, 0.29) is 11.9 Å². The van der Waals surface area contributed by atoms with E-state index in [2.05, 4.69) is 10.6 Å². The minimum atomic E-state index is -0.0622. The van der Waals surface area contributed by atoms with Gasteiger partial charge in [-0.2, -0.15) is 0 Å². The SMILES string of the molecule is CCOc1ccccc1NC(=O)C1CC2CCCCC2N1. The van der Waals surface area contributed by atoms with Crippen LogP contribution in [-0.2, 0) is 4.79 Å². The van der Waals surface area contributed by atoms with Crippen molar-refractivity contribution in [3.8, 4) is 5.75 Å². The van der Waals surface area contributed by atoms with E-state index in [0.717, 1.165) is 17.9 Å². The Bertz CT molecular complexity index is 489. The monoisotopic (exact) mass is 288 g/mol. The van der Waals surface area contributed by atoms with Gasteiger partial charge in [-0.1, -0.05) is 25.0 Å². The molecule has 3 rings (SSSR count). The van der Waals surface area contributed by atoms with Gasteiger partial charge >= 0.3 is 0 Å². The number of carbonyl (C=O) groups is 1. The highest BCUT2D eigenvalue weighted by molar-refractivity contribution is 5.96. The molecule has 0 bridgehead atoms. The van der Waals surface area contributed by atoms with Gasteiger partial charge in [0.2, 0.25) is 5.91 Å². The Hall–Kier alpha value is -1.55. The number of hydrogen-bond acceptors (Lipinski definition) is 3. The van der Waals surface area contributed by atoms with Crippen LogP contribution in [0.3, 0.4) is 0 Å². The van der Waals surface area contributed by atoms with Crippen molar-refractivity contribution >= 4 is 11.6 Å². The van der Waals surface area contributed by atoms with Crippen LogP contribution in [0, 0.1) is 5.92 Å². The molecule has 4 nitrogen and oxygen atoms in total. The smallest absolute Gasteiger partial charge is 0.241 e. The van der Waals surface area contributed by atoms with Crippen LogP contribution >= 0.6 is 0 Å². The molecule has 1 aromatic rings.